The first-order valence-electron chi connectivity index (χ1n) is 5.71. The van der Waals surface area contributed by atoms with E-state index in [1.165, 1.54) is 6.07 Å². The van der Waals surface area contributed by atoms with Crippen molar-refractivity contribution in [2.45, 2.75) is 20.3 Å². The lowest BCUT2D eigenvalue weighted by Gasteiger charge is -2.23. The summed E-state index contributed by atoms with van der Waals surface area (Å²) in [5.74, 6) is -0.928. The molecule has 0 aliphatic carbocycles. The van der Waals surface area contributed by atoms with Crippen LogP contribution in [-0.2, 0) is 4.79 Å². The fourth-order valence-corrected chi connectivity index (χ4v) is 1.80. The minimum absolute atomic E-state index is 0.0850. The van der Waals surface area contributed by atoms with Gasteiger partial charge in [-0.3, -0.25) is 14.9 Å². The van der Waals surface area contributed by atoms with Crippen LogP contribution < -0.4 is 5.32 Å². The topological polar surface area (TPSA) is 92.5 Å². The molecule has 19 heavy (non-hydrogen) atoms. The van der Waals surface area contributed by atoms with Gasteiger partial charge in [0, 0.05) is 17.1 Å². The summed E-state index contributed by atoms with van der Waals surface area (Å²) in [4.78, 5) is 21.6. The van der Waals surface area contributed by atoms with E-state index in [0.717, 1.165) is 0 Å². The van der Waals surface area contributed by atoms with E-state index in [1.807, 2.05) is 0 Å². The van der Waals surface area contributed by atoms with Gasteiger partial charge in [-0.15, -0.1) is 0 Å². The molecule has 0 saturated carbocycles. The standard InChI is InChI=1S/C12H15BrN2O4/c1-3-12(2,11(16)17)7-14-9-5-4-8(13)6-10(9)15(18)19/h4-6,14H,3,7H2,1-2H3,(H,16,17). The first-order chi connectivity index (χ1) is 8.80. The molecule has 6 nitrogen and oxygen atoms in total. The molecule has 0 aliphatic rings. The van der Waals surface area contributed by atoms with Crippen LogP contribution in [0, 0.1) is 15.5 Å². The van der Waals surface area contributed by atoms with Gasteiger partial charge in [-0.2, -0.15) is 0 Å². The van der Waals surface area contributed by atoms with Crippen LogP contribution in [0.15, 0.2) is 22.7 Å². The van der Waals surface area contributed by atoms with Gasteiger partial charge in [0.1, 0.15) is 5.69 Å². The summed E-state index contributed by atoms with van der Waals surface area (Å²) in [7, 11) is 0. The minimum atomic E-state index is -0.957. The van der Waals surface area contributed by atoms with Crippen LogP contribution in [0.25, 0.3) is 0 Å². The van der Waals surface area contributed by atoms with E-state index in [0.29, 0.717) is 16.6 Å². The zero-order valence-corrected chi connectivity index (χ0v) is 12.2. The predicted molar refractivity (Wildman–Crippen MR) is 75.3 cm³/mol. The van der Waals surface area contributed by atoms with Crippen LogP contribution in [0.4, 0.5) is 11.4 Å². The summed E-state index contributed by atoms with van der Waals surface area (Å²) in [6.07, 6.45) is 0.430. The Morgan fingerprint density at radius 2 is 2.21 bits per heavy atom. The monoisotopic (exact) mass is 330 g/mol. The van der Waals surface area contributed by atoms with Crippen molar-refractivity contribution in [1.29, 1.82) is 0 Å². The molecule has 0 spiro atoms. The fourth-order valence-electron chi connectivity index (χ4n) is 1.45. The average molecular weight is 331 g/mol. The summed E-state index contributed by atoms with van der Waals surface area (Å²) in [5.41, 5.74) is -0.728. The van der Waals surface area contributed by atoms with Crippen LogP contribution in [-0.4, -0.2) is 22.5 Å². The van der Waals surface area contributed by atoms with Crippen molar-refractivity contribution in [2.24, 2.45) is 5.41 Å². The van der Waals surface area contributed by atoms with E-state index < -0.39 is 16.3 Å². The molecule has 0 aliphatic heterocycles. The summed E-state index contributed by atoms with van der Waals surface area (Å²) in [6, 6.07) is 4.60. The third kappa shape index (κ3) is 3.66. The number of nitro benzene ring substituents is 1. The summed E-state index contributed by atoms with van der Waals surface area (Å²) in [5, 5.41) is 22.9. The quantitative estimate of drug-likeness (QED) is 0.616. The lowest BCUT2D eigenvalue weighted by Crippen LogP contribution is -2.34. The van der Waals surface area contributed by atoms with Gasteiger partial charge in [0.25, 0.3) is 5.69 Å². The second-order valence-corrected chi connectivity index (χ2v) is 5.41. The highest BCUT2D eigenvalue weighted by Crippen LogP contribution is 2.30. The molecular formula is C12H15BrN2O4. The molecule has 7 heteroatoms. The lowest BCUT2D eigenvalue weighted by molar-refractivity contribution is -0.384. The summed E-state index contributed by atoms with van der Waals surface area (Å²) < 4.78 is 0.598. The molecule has 0 fully saturated rings. The Labute approximate surface area is 119 Å². The molecule has 2 N–H and O–H groups in total. The maximum atomic E-state index is 11.2. The Kier molecular flexibility index (Phi) is 4.88. The highest BCUT2D eigenvalue weighted by Gasteiger charge is 2.31. The maximum Gasteiger partial charge on any atom is 0.311 e. The van der Waals surface area contributed by atoms with E-state index in [1.54, 1.807) is 26.0 Å². The van der Waals surface area contributed by atoms with Crippen LogP contribution in [0.5, 0.6) is 0 Å². The number of carbonyl (C=O) groups is 1. The molecule has 1 rings (SSSR count). The summed E-state index contributed by atoms with van der Waals surface area (Å²) in [6.45, 7) is 3.50. The highest BCUT2D eigenvalue weighted by atomic mass is 79.9. The second-order valence-electron chi connectivity index (χ2n) is 4.49. The SMILES string of the molecule is CCC(C)(CNc1ccc(Br)cc1[N+](=O)[O-])C(=O)O. The second kappa shape index (κ2) is 6.01. The van der Waals surface area contributed by atoms with E-state index in [-0.39, 0.29) is 12.2 Å². The van der Waals surface area contributed by atoms with Crippen LogP contribution >= 0.6 is 15.9 Å². The van der Waals surface area contributed by atoms with Crippen LogP contribution in [0.2, 0.25) is 0 Å². The van der Waals surface area contributed by atoms with Gasteiger partial charge in [0.15, 0.2) is 0 Å². The van der Waals surface area contributed by atoms with Crippen molar-refractivity contribution in [2.75, 3.05) is 11.9 Å². The number of hydrogen-bond acceptors (Lipinski definition) is 4. The number of carboxylic acid groups (broad SMARTS) is 1. The number of nitro groups is 1. The molecule has 104 valence electrons. The highest BCUT2D eigenvalue weighted by molar-refractivity contribution is 9.10. The number of nitrogens with zero attached hydrogens (tertiary/aromatic N) is 1. The molecule has 1 aromatic rings. The number of rotatable bonds is 6. The smallest absolute Gasteiger partial charge is 0.311 e. The molecule has 0 saturated heterocycles. The molecule has 0 amide bonds. The van der Waals surface area contributed by atoms with Gasteiger partial charge >= 0.3 is 5.97 Å². The maximum absolute atomic E-state index is 11.2. The summed E-state index contributed by atoms with van der Waals surface area (Å²) >= 11 is 3.17. The molecule has 0 bridgehead atoms. The van der Waals surface area contributed by atoms with Crippen molar-refractivity contribution in [3.05, 3.63) is 32.8 Å². The molecular weight excluding hydrogens is 316 g/mol. The molecule has 1 unspecified atom stereocenters. The molecule has 0 aromatic heterocycles. The molecule has 1 aromatic carbocycles. The third-order valence-corrected chi connectivity index (χ3v) is 3.62. The average Bonchev–Trinajstić information content (AvgIpc) is 2.36. The van der Waals surface area contributed by atoms with Gasteiger partial charge in [-0.25, -0.2) is 0 Å². The number of carboxylic acids is 1. The van der Waals surface area contributed by atoms with Gasteiger partial charge in [-0.05, 0) is 25.5 Å². The van der Waals surface area contributed by atoms with E-state index in [2.05, 4.69) is 21.2 Å². The zero-order chi connectivity index (χ0) is 14.6. The minimum Gasteiger partial charge on any atom is -0.481 e. The van der Waals surface area contributed by atoms with Crippen molar-refractivity contribution in [3.8, 4) is 0 Å². The largest absolute Gasteiger partial charge is 0.481 e. The number of hydrogen-bond donors (Lipinski definition) is 2. The van der Waals surface area contributed by atoms with Crippen molar-refractivity contribution in [1.82, 2.24) is 0 Å². The Morgan fingerprint density at radius 3 is 2.68 bits per heavy atom. The number of anilines is 1. The Balaban J connectivity index is 2.95. The van der Waals surface area contributed by atoms with Crippen LogP contribution in [0.1, 0.15) is 20.3 Å². The Hall–Kier alpha value is -1.63. The van der Waals surface area contributed by atoms with Gasteiger partial charge in [-0.1, -0.05) is 22.9 Å². The first-order valence-corrected chi connectivity index (χ1v) is 6.50. The van der Waals surface area contributed by atoms with Gasteiger partial charge in [0.2, 0.25) is 0 Å². The van der Waals surface area contributed by atoms with Crippen LogP contribution in [0.3, 0.4) is 0 Å². The number of aliphatic carboxylic acids is 1. The molecule has 0 radical (unpaired) electrons. The van der Waals surface area contributed by atoms with E-state index >= 15 is 0 Å². The normalized spacial score (nSPS) is 13.6. The lowest BCUT2D eigenvalue weighted by atomic mass is 9.87. The van der Waals surface area contributed by atoms with Gasteiger partial charge < -0.3 is 10.4 Å². The Morgan fingerprint density at radius 1 is 1.58 bits per heavy atom. The van der Waals surface area contributed by atoms with Gasteiger partial charge in [0.05, 0.1) is 10.3 Å². The Bertz CT molecular complexity index is 507. The number of halogens is 1. The van der Waals surface area contributed by atoms with Crippen molar-refractivity contribution >= 4 is 33.3 Å². The third-order valence-electron chi connectivity index (χ3n) is 3.12. The predicted octanol–water partition coefficient (Wildman–Crippen LogP) is 3.27. The number of nitrogens with one attached hydrogen (secondary N) is 1. The van der Waals surface area contributed by atoms with E-state index in [9.17, 15) is 14.9 Å². The molecule has 1 atom stereocenters. The van der Waals surface area contributed by atoms with E-state index in [4.69, 9.17) is 5.11 Å². The first kappa shape index (κ1) is 15.4. The zero-order valence-electron chi connectivity index (χ0n) is 10.6. The van der Waals surface area contributed by atoms with Crippen molar-refractivity contribution in [3.63, 3.8) is 0 Å². The fraction of sp³-hybridized carbons (Fsp3) is 0.417. The molecule has 0 heterocycles. The number of benzene rings is 1. The van der Waals surface area contributed by atoms with Crippen molar-refractivity contribution < 1.29 is 14.8 Å².